The lowest BCUT2D eigenvalue weighted by atomic mass is 9.79. The van der Waals surface area contributed by atoms with Crippen LogP contribution in [0.5, 0.6) is 0 Å². The van der Waals surface area contributed by atoms with Crippen molar-refractivity contribution >= 4 is 11.6 Å². The summed E-state index contributed by atoms with van der Waals surface area (Å²) in [6, 6.07) is 6.20. The summed E-state index contributed by atoms with van der Waals surface area (Å²) in [6.45, 7) is 1.70. The van der Waals surface area contributed by atoms with E-state index in [0.717, 1.165) is 62.9 Å². The minimum Gasteiger partial charge on any atom is -0.384 e. The Kier molecular flexibility index (Phi) is 4.46. The van der Waals surface area contributed by atoms with E-state index >= 15 is 0 Å². The van der Waals surface area contributed by atoms with E-state index in [-0.39, 0.29) is 23.7 Å². The van der Waals surface area contributed by atoms with Gasteiger partial charge in [0, 0.05) is 27.3 Å². The van der Waals surface area contributed by atoms with Crippen LogP contribution in [0.4, 0.5) is 5.69 Å². The van der Waals surface area contributed by atoms with Crippen molar-refractivity contribution in [3.63, 3.8) is 0 Å². The number of rotatable bonds is 3. The van der Waals surface area contributed by atoms with Gasteiger partial charge in [0.15, 0.2) is 0 Å². The molecule has 136 valence electrons. The Morgan fingerprint density at radius 1 is 1.32 bits per heavy atom. The Morgan fingerprint density at radius 3 is 3.00 bits per heavy atom. The number of nitrogens with zero attached hydrogens (tertiary/aromatic N) is 1. The van der Waals surface area contributed by atoms with Crippen LogP contribution in [0, 0.1) is 0 Å². The third-order valence-electron chi connectivity index (χ3n) is 6.44. The number of amides is 1. The Labute approximate surface area is 149 Å². The van der Waals surface area contributed by atoms with Crippen molar-refractivity contribution in [1.82, 2.24) is 4.90 Å². The molecule has 1 aromatic rings. The van der Waals surface area contributed by atoms with Gasteiger partial charge < -0.3 is 19.7 Å². The van der Waals surface area contributed by atoms with Crippen LogP contribution in [0.1, 0.15) is 48.0 Å². The lowest BCUT2D eigenvalue weighted by molar-refractivity contribution is -0.0893. The Balaban J connectivity index is 1.64. The highest BCUT2D eigenvalue weighted by molar-refractivity contribution is 6.01. The summed E-state index contributed by atoms with van der Waals surface area (Å²) in [5.41, 5.74) is 2.90. The van der Waals surface area contributed by atoms with E-state index in [1.54, 1.807) is 14.2 Å². The fraction of sp³-hybridized carbons (Fsp3) is 0.650. The van der Waals surface area contributed by atoms with E-state index in [4.69, 9.17) is 9.47 Å². The van der Waals surface area contributed by atoms with Gasteiger partial charge in [0.1, 0.15) is 0 Å². The number of hydrogen-bond donors (Lipinski definition) is 1. The van der Waals surface area contributed by atoms with E-state index < -0.39 is 0 Å². The number of carbonyl (C=O) groups is 1. The smallest absolute Gasteiger partial charge is 0.256 e. The van der Waals surface area contributed by atoms with Gasteiger partial charge in [-0.2, -0.15) is 0 Å². The van der Waals surface area contributed by atoms with Crippen LogP contribution in [0.25, 0.3) is 0 Å². The fourth-order valence-corrected chi connectivity index (χ4v) is 4.96. The molecule has 0 unspecified atom stereocenters. The van der Waals surface area contributed by atoms with Crippen LogP contribution in [0.2, 0.25) is 0 Å². The average molecular weight is 344 g/mol. The first-order chi connectivity index (χ1) is 12.2. The standard InChI is InChI=1S/C20H28N2O3/c1-24-15-8-9-20(25-2)10-12-22(17(20)13-15)19(23)16-7-3-5-14-6-4-11-21-18(14)16/h3,5,7,15,17,21H,4,6,8-13H2,1-2H3/t15-,17-,20+/m0/s1. The monoisotopic (exact) mass is 344 g/mol. The Bertz CT molecular complexity index is 662. The molecule has 0 bridgehead atoms. The summed E-state index contributed by atoms with van der Waals surface area (Å²) in [6.07, 6.45) is 6.12. The quantitative estimate of drug-likeness (QED) is 0.916. The molecule has 5 nitrogen and oxygen atoms in total. The Morgan fingerprint density at radius 2 is 2.20 bits per heavy atom. The molecular formula is C20H28N2O3. The molecule has 1 amide bonds. The van der Waals surface area contributed by atoms with Gasteiger partial charge in [-0.05, 0) is 50.2 Å². The zero-order chi connectivity index (χ0) is 17.4. The van der Waals surface area contributed by atoms with Crippen LogP contribution < -0.4 is 5.32 Å². The summed E-state index contributed by atoms with van der Waals surface area (Å²) >= 11 is 0. The maximum Gasteiger partial charge on any atom is 0.256 e. The first-order valence-electron chi connectivity index (χ1n) is 9.43. The molecule has 1 saturated carbocycles. The van der Waals surface area contributed by atoms with Gasteiger partial charge in [0.25, 0.3) is 5.91 Å². The zero-order valence-corrected chi connectivity index (χ0v) is 15.2. The fourth-order valence-electron chi connectivity index (χ4n) is 4.96. The SMILES string of the molecule is CO[C@H]1CC[C@@]2(OC)CCN(C(=O)c3cccc4c3NCCC4)[C@H]2C1. The summed E-state index contributed by atoms with van der Waals surface area (Å²) in [7, 11) is 3.56. The van der Waals surface area contributed by atoms with E-state index in [1.807, 2.05) is 17.0 Å². The van der Waals surface area contributed by atoms with Gasteiger partial charge >= 0.3 is 0 Å². The highest BCUT2D eigenvalue weighted by atomic mass is 16.5. The summed E-state index contributed by atoms with van der Waals surface area (Å²) in [4.78, 5) is 15.5. The van der Waals surface area contributed by atoms with Gasteiger partial charge in [-0.3, -0.25) is 4.79 Å². The highest BCUT2D eigenvalue weighted by Gasteiger charge is 2.52. The van der Waals surface area contributed by atoms with E-state index in [1.165, 1.54) is 5.56 Å². The van der Waals surface area contributed by atoms with Crippen molar-refractivity contribution < 1.29 is 14.3 Å². The van der Waals surface area contributed by atoms with Gasteiger partial charge in [-0.25, -0.2) is 0 Å². The molecular weight excluding hydrogens is 316 g/mol. The number of aryl methyl sites for hydroxylation is 1. The van der Waals surface area contributed by atoms with Crippen molar-refractivity contribution in [1.29, 1.82) is 0 Å². The normalized spacial score (nSPS) is 31.2. The van der Waals surface area contributed by atoms with E-state index in [9.17, 15) is 4.79 Å². The van der Waals surface area contributed by atoms with Crippen LogP contribution in [-0.4, -0.2) is 55.9 Å². The summed E-state index contributed by atoms with van der Waals surface area (Å²) in [5.74, 6) is 0.131. The molecule has 3 atom stereocenters. The molecule has 2 fully saturated rings. The topological polar surface area (TPSA) is 50.8 Å². The molecule has 1 aromatic carbocycles. The minimum absolute atomic E-state index is 0.100. The maximum absolute atomic E-state index is 13.4. The number of carbonyl (C=O) groups excluding carboxylic acids is 1. The first kappa shape index (κ1) is 16.9. The van der Waals surface area contributed by atoms with Gasteiger partial charge in [-0.1, -0.05) is 12.1 Å². The number of benzene rings is 1. The second kappa shape index (κ2) is 6.61. The number of anilines is 1. The average Bonchev–Trinajstić information content (AvgIpc) is 3.06. The van der Waals surface area contributed by atoms with Crippen molar-refractivity contribution in [2.75, 3.05) is 32.6 Å². The second-order valence-electron chi connectivity index (χ2n) is 7.54. The predicted molar refractivity (Wildman–Crippen MR) is 97.1 cm³/mol. The predicted octanol–water partition coefficient (Wildman–Crippen LogP) is 2.84. The van der Waals surface area contributed by atoms with E-state index in [2.05, 4.69) is 11.4 Å². The molecule has 0 radical (unpaired) electrons. The maximum atomic E-state index is 13.4. The Hall–Kier alpha value is -1.59. The lowest BCUT2D eigenvalue weighted by Gasteiger charge is -2.43. The molecule has 1 aliphatic carbocycles. The van der Waals surface area contributed by atoms with Crippen molar-refractivity contribution in [3.05, 3.63) is 29.3 Å². The molecule has 1 saturated heterocycles. The number of methoxy groups -OCH3 is 2. The molecule has 1 N–H and O–H groups in total. The molecule has 2 aliphatic heterocycles. The molecule has 25 heavy (non-hydrogen) atoms. The summed E-state index contributed by atoms with van der Waals surface area (Å²) < 4.78 is 11.6. The molecule has 0 aromatic heterocycles. The van der Waals surface area contributed by atoms with Crippen molar-refractivity contribution in [2.24, 2.45) is 0 Å². The third kappa shape index (κ3) is 2.74. The van der Waals surface area contributed by atoms with Crippen LogP contribution in [0.3, 0.4) is 0 Å². The molecule has 2 heterocycles. The largest absolute Gasteiger partial charge is 0.384 e. The number of fused-ring (bicyclic) bond motifs is 2. The molecule has 3 aliphatic rings. The van der Waals surface area contributed by atoms with Crippen LogP contribution in [0.15, 0.2) is 18.2 Å². The lowest BCUT2D eigenvalue weighted by Crippen LogP contribution is -2.53. The van der Waals surface area contributed by atoms with Crippen LogP contribution in [-0.2, 0) is 15.9 Å². The molecule has 4 rings (SSSR count). The number of para-hydroxylation sites is 1. The minimum atomic E-state index is -0.201. The van der Waals surface area contributed by atoms with Gasteiger partial charge in [-0.15, -0.1) is 0 Å². The number of likely N-dealkylation sites (tertiary alicyclic amines) is 1. The van der Waals surface area contributed by atoms with Gasteiger partial charge in [0.2, 0.25) is 0 Å². The highest BCUT2D eigenvalue weighted by Crippen LogP contribution is 2.44. The number of ether oxygens (including phenoxy) is 2. The third-order valence-corrected chi connectivity index (χ3v) is 6.44. The second-order valence-corrected chi connectivity index (χ2v) is 7.54. The van der Waals surface area contributed by atoms with Crippen molar-refractivity contribution in [2.45, 2.75) is 56.3 Å². The van der Waals surface area contributed by atoms with Crippen molar-refractivity contribution in [3.8, 4) is 0 Å². The molecule has 5 heteroatoms. The zero-order valence-electron chi connectivity index (χ0n) is 15.2. The summed E-state index contributed by atoms with van der Waals surface area (Å²) in [5, 5.41) is 3.45. The van der Waals surface area contributed by atoms with Crippen LogP contribution >= 0.6 is 0 Å². The van der Waals surface area contributed by atoms with Gasteiger partial charge in [0.05, 0.1) is 29.0 Å². The number of hydrogen-bond acceptors (Lipinski definition) is 4. The number of nitrogens with one attached hydrogen (secondary N) is 1. The molecule has 0 spiro atoms. The van der Waals surface area contributed by atoms with E-state index in [0.29, 0.717) is 0 Å². The first-order valence-corrected chi connectivity index (χ1v) is 9.43.